The van der Waals surface area contributed by atoms with Crippen molar-refractivity contribution in [3.05, 3.63) is 35.5 Å². The highest BCUT2D eigenvalue weighted by atomic mass is 16.5. The molecule has 0 fully saturated rings. The Morgan fingerprint density at radius 3 is 2.89 bits per heavy atom. The van der Waals surface area contributed by atoms with E-state index in [1.165, 1.54) is 0 Å². The number of hydrogen-bond donors (Lipinski definition) is 1. The van der Waals surface area contributed by atoms with E-state index >= 15 is 0 Å². The second kappa shape index (κ2) is 5.93. The molecular weight excluding hydrogens is 242 g/mol. The average molecular weight is 263 g/mol. The number of hydrogen-bond acceptors (Lipinski definition) is 4. The predicted octanol–water partition coefficient (Wildman–Crippen LogP) is 2.51. The maximum absolute atomic E-state index is 6.39. The molecule has 5 nitrogen and oxygen atoms in total. The van der Waals surface area contributed by atoms with Crippen LogP contribution in [0.2, 0.25) is 0 Å². The number of aryl methyl sites for hydroxylation is 2. The van der Waals surface area contributed by atoms with Crippen LogP contribution in [0.4, 0.5) is 0 Å². The van der Waals surface area contributed by atoms with Crippen LogP contribution in [0.15, 0.2) is 22.9 Å². The van der Waals surface area contributed by atoms with Crippen LogP contribution in [0.25, 0.3) is 0 Å². The Labute approximate surface area is 113 Å². The Balaban J connectivity index is 2.42. The zero-order chi connectivity index (χ0) is 13.8. The van der Waals surface area contributed by atoms with Gasteiger partial charge in [-0.05, 0) is 12.5 Å². The van der Waals surface area contributed by atoms with Crippen molar-refractivity contribution in [1.82, 2.24) is 9.78 Å². The van der Waals surface area contributed by atoms with Crippen LogP contribution in [0.1, 0.15) is 43.3 Å². The van der Waals surface area contributed by atoms with E-state index in [9.17, 15) is 0 Å². The van der Waals surface area contributed by atoms with Crippen molar-refractivity contribution in [2.45, 2.75) is 39.3 Å². The smallest absolute Gasteiger partial charge is 0.161 e. The standard InChI is InChI=1S/C14H21N3O2/c1-4-7-17-14(12(18-3)9-16-17)13(15)10-6-8-19-11(10)5-2/h6,8-9,13H,4-5,7,15H2,1-3H3. The molecule has 2 rings (SSSR count). The van der Waals surface area contributed by atoms with E-state index in [0.717, 1.165) is 42.2 Å². The minimum atomic E-state index is -0.280. The predicted molar refractivity (Wildman–Crippen MR) is 73.2 cm³/mol. The fourth-order valence-electron chi connectivity index (χ4n) is 2.30. The van der Waals surface area contributed by atoms with Crippen molar-refractivity contribution in [3.8, 4) is 5.75 Å². The van der Waals surface area contributed by atoms with Crippen molar-refractivity contribution in [2.24, 2.45) is 5.73 Å². The quantitative estimate of drug-likeness (QED) is 0.869. The molecule has 104 valence electrons. The van der Waals surface area contributed by atoms with Gasteiger partial charge in [-0.15, -0.1) is 0 Å². The van der Waals surface area contributed by atoms with Gasteiger partial charge in [0.25, 0.3) is 0 Å². The first kappa shape index (κ1) is 13.7. The second-order valence-electron chi connectivity index (χ2n) is 4.45. The monoisotopic (exact) mass is 263 g/mol. The van der Waals surface area contributed by atoms with Crippen LogP contribution in [0.5, 0.6) is 5.75 Å². The van der Waals surface area contributed by atoms with Gasteiger partial charge in [-0.3, -0.25) is 4.68 Å². The topological polar surface area (TPSA) is 66.2 Å². The number of nitrogens with two attached hydrogens (primary N) is 1. The van der Waals surface area contributed by atoms with Crippen LogP contribution in [-0.4, -0.2) is 16.9 Å². The summed E-state index contributed by atoms with van der Waals surface area (Å²) in [5.41, 5.74) is 8.29. The number of aromatic nitrogens is 2. The van der Waals surface area contributed by atoms with E-state index in [1.54, 1.807) is 19.6 Å². The molecule has 5 heteroatoms. The van der Waals surface area contributed by atoms with Gasteiger partial charge in [-0.25, -0.2) is 0 Å². The minimum absolute atomic E-state index is 0.280. The summed E-state index contributed by atoms with van der Waals surface area (Å²) in [4.78, 5) is 0. The van der Waals surface area contributed by atoms with Gasteiger partial charge in [-0.1, -0.05) is 13.8 Å². The van der Waals surface area contributed by atoms with Gasteiger partial charge in [0.05, 0.1) is 25.6 Å². The maximum atomic E-state index is 6.39. The molecule has 2 N–H and O–H groups in total. The summed E-state index contributed by atoms with van der Waals surface area (Å²) in [6.45, 7) is 4.99. The third-order valence-corrected chi connectivity index (χ3v) is 3.23. The third kappa shape index (κ3) is 2.51. The van der Waals surface area contributed by atoms with E-state index in [2.05, 4.69) is 18.9 Å². The van der Waals surface area contributed by atoms with Crippen LogP contribution < -0.4 is 10.5 Å². The molecule has 0 spiro atoms. The van der Waals surface area contributed by atoms with Gasteiger partial charge in [0.2, 0.25) is 0 Å². The summed E-state index contributed by atoms with van der Waals surface area (Å²) < 4.78 is 12.7. The Hall–Kier alpha value is -1.75. The molecule has 0 bridgehead atoms. The average Bonchev–Trinajstić information content (AvgIpc) is 3.04. The van der Waals surface area contributed by atoms with Gasteiger partial charge >= 0.3 is 0 Å². The Kier molecular flexibility index (Phi) is 4.27. The van der Waals surface area contributed by atoms with E-state index in [4.69, 9.17) is 14.9 Å². The molecule has 0 radical (unpaired) electrons. The molecule has 0 aliphatic rings. The Bertz CT molecular complexity index is 531. The first-order chi connectivity index (χ1) is 9.22. The van der Waals surface area contributed by atoms with Gasteiger partial charge in [0, 0.05) is 18.5 Å². The van der Waals surface area contributed by atoms with Crippen molar-refractivity contribution < 1.29 is 9.15 Å². The van der Waals surface area contributed by atoms with E-state index in [-0.39, 0.29) is 6.04 Å². The molecule has 2 aromatic rings. The number of methoxy groups -OCH3 is 1. The highest BCUT2D eigenvalue weighted by molar-refractivity contribution is 5.37. The molecule has 2 heterocycles. The fourth-order valence-corrected chi connectivity index (χ4v) is 2.30. The van der Waals surface area contributed by atoms with Crippen molar-refractivity contribution in [3.63, 3.8) is 0 Å². The molecule has 2 aromatic heterocycles. The van der Waals surface area contributed by atoms with Gasteiger partial charge in [-0.2, -0.15) is 5.10 Å². The molecule has 0 saturated heterocycles. The van der Waals surface area contributed by atoms with Crippen molar-refractivity contribution in [2.75, 3.05) is 7.11 Å². The molecule has 1 atom stereocenters. The lowest BCUT2D eigenvalue weighted by Gasteiger charge is -2.15. The number of nitrogens with zero attached hydrogens (tertiary/aromatic N) is 2. The number of ether oxygens (including phenoxy) is 1. The second-order valence-corrected chi connectivity index (χ2v) is 4.45. The molecule has 1 unspecified atom stereocenters. The highest BCUT2D eigenvalue weighted by Crippen LogP contribution is 2.30. The fraction of sp³-hybridized carbons (Fsp3) is 0.500. The Morgan fingerprint density at radius 2 is 2.26 bits per heavy atom. The first-order valence-corrected chi connectivity index (χ1v) is 6.64. The summed E-state index contributed by atoms with van der Waals surface area (Å²) >= 11 is 0. The third-order valence-electron chi connectivity index (χ3n) is 3.23. The van der Waals surface area contributed by atoms with Crippen LogP contribution in [0.3, 0.4) is 0 Å². The largest absolute Gasteiger partial charge is 0.493 e. The lowest BCUT2D eigenvalue weighted by atomic mass is 10.0. The van der Waals surface area contributed by atoms with E-state index < -0.39 is 0 Å². The molecule has 0 aliphatic heterocycles. The highest BCUT2D eigenvalue weighted by Gasteiger charge is 2.23. The van der Waals surface area contributed by atoms with Gasteiger partial charge in [0.15, 0.2) is 5.75 Å². The first-order valence-electron chi connectivity index (χ1n) is 6.64. The minimum Gasteiger partial charge on any atom is -0.493 e. The molecule has 0 amide bonds. The lowest BCUT2D eigenvalue weighted by molar-refractivity contribution is 0.403. The summed E-state index contributed by atoms with van der Waals surface area (Å²) in [6, 6.07) is 1.64. The van der Waals surface area contributed by atoms with E-state index in [0.29, 0.717) is 0 Å². The molecule has 0 saturated carbocycles. The van der Waals surface area contributed by atoms with Gasteiger partial charge in [0.1, 0.15) is 11.5 Å². The van der Waals surface area contributed by atoms with Crippen molar-refractivity contribution >= 4 is 0 Å². The van der Waals surface area contributed by atoms with Gasteiger partial charge < -0.3 is 14.9 Å². The molecular formula is C14H21N3O2. The summed E-state index contributed by atoms with van der Waals surface area (Å²) in [5, 5.41) is 4.34. The van der Waals surface area contributed by atoms with Crippen LogP contribution >= 0.6 is 0 Å². The van der Waals surface area contributed by atoms with Crippen molar-refractivity contribution in [1.29, 1.82) is 0 Å². The Morgan fingerprint density at radius 1 is 1.47 bits per heavy atom. The lowest BCUT2D eigenvalue weighted by Crippen LogP contribution is -2.19. The zero-order valence-electron chi connectivity index (χ0n) is 11.7. The summed E-state index contributed by atoms with van der Waals surface area (Å²) in [6.07, 6.45) is 5.22. The summed E-state index contributed by atoms with van der Waals surface area (Å²) in [5.74, 6) is 1.64. The van der Waals surface area contributed by atoms with E-state index in [1.807, 2.05) is 10.7 Å². The number of furan rings is 1. The zero-order valence-corrected chi connectivity index (χ0v) is 11.7. The SMILES string of the molecule is CCCn1ncc(OC)c1C(N)c1ccoc1CC. The van der Waals surface area contributed by atoms with Crippen LogP contribution in [-0.2, 0) is 13.0 Å². The summed E-state index contributed by atoms with van der Waals surface area (Å²) in [7, 11) is 1.64. The molecule has 19 heavy (non-hydrogen) atoms. The van der Waals surface area contributed by atoms with Crippen LogP contribution in [0, 0.1) is 0 Å². The normalized spacial score (nSPS) is 12.6. The molecule has 0 aliphatic carbocycles. The maximum Gasteiger partial charge on any atom is 0.161 e. The molecule has 0 aromatic carbocycles. The number of rotatable bonds is 6.